The van der Waals surface area contributed by atoms with Crippen LogP contribution in [0, 0.1) is 18.3 Å². The lowest BCUT2D eigenvalue weighted by Gasteiger charge is -2.07. The first-order valence-electron chi connectivity index (χ1n) is 5.42. The van der Waals surface area contributed by atoms with Crippen LogP contribution < -0.4 is 5.32 Å². The molecule has 0 aliphatic carbocycles. The molecule has 0 aromatic carbocycles. The SMILES string of the molecule is Cc1nn(C)c(NCCCC(C)O)c1C#N. The van der Waals surface area contributed by atoms with Gasteiger partial charge in [0.05, 0.1) is 11.8 Å². The van der Waals surface area contributed by atoms with Gasteiger partial charge in [-0.3, -0.25) is 4.68 Å². The molecular formula is C11H18N4O. The summed E-state index contributed by atoms with van der Waals surface area (Å²) in [6, 6.07) is 2.14. The highest BCUT2D eigenvalue weighted by Gasteiger charge is 2.11. The summed E-state index contributed by atoms with van der Waals surface area (Å²) in [5, 5.41) is 25.4. The van der Waals surface area contributed by atoms with E-state index in [0.29, 0.717) is 5.56 Å². The van der Waals surface area contributed by atoms with E-state index >= 15 is 0 Å². The molecule has 0 bridgehead atoms. The number of nitrogens with one attached hydrogen (secondary N) is 1. The normalized spacial score (nSPS) is 12.2. The second-order valence-electron chi connectivity index (χ2n) is 3.96. The predicted molar refractivity (Wildman–Crippen MR) is 62.1 cm³/mol. The minimum absolute atomic E-state index is 0.273. The van der Waals surface area contributed by atoms with Gasteiger partial charge in [-0.15, -0.1) is 0 Å². The van der Waals surface area contributed by atoms with E-state index in [9.17, 15) is 0 Å². The van der Waals surface area contributed by atoms with Crippen LogP contribution in [-0.2, 0) is 7.05 Å². The Balaban J connectivity index is 2.57. The van der Waals surface area contributed by atoms with Crippen LogP contribution in [-0.4, -0.2) is 27.5 Å². The zero-order valence-electron chi connectivity index (χ0n) is 9.99. The van der Waals surface area contributed by atoms with Crippen LogP contribution in [0.15, 0.2) is 0 Å². The molecule has 0 amide bonds. The minimum atomic E-state index is -0.273. The highest BCUT2D eigenvalue weighted by atomic mass is 16.3. The van der Waals surface area contributed by atoms with Gasteiger partial charge in [-0.2, -0.15) is 10.4 Å². The van der Waals surface area contributed by atoms with Crippen LogP contribution in [0.5, 0.6) is 0 Å². The van der Waals surface area contributed by atoms with E-state index in [1.807, 2.05) is 14.0 Å². The van der Waals surface area contributed by atoms with Gasteiger partial charge in [0, 0.05) is 13.6 Å². The maximum atomic E-state index is 9.11. The van der Waals surface area contributed by atoms with Gasteiger partial charge in [-0.25, -0.2) is 0 Å². The number of aliphatic hydroxyl groups is 1. The summed E-state index contributed by atoms with van der Waals surface area (Å²) in [4.78, 5) is 0. The van der Waals surface area contributed by atoms with Crippen molar-refractivity contribution in [2.24, 2.45) is 7.05 Å². The Labute approximate surface area is 95.7 Å². The Morgan fingerprint density at radius 2 is 2.31 bits per heavy atom. The summed E-state index contributed by atoms with van der Waals surface area (Å²) in [5.74, 6) is 0.755. The summed E-state index contributed by atoms with van der Waals surface area (Å²) in [6.45, 7) is 4.33. The molecule has 0 aliphatic heterocycles. The molecule has 5 heteroatoms. The van der Waals surface area contributed by atoms with Crippen molar-refractivity contribution in [3.05, 3.63) is 11.3 Å². The standard InChI is InChI=1S/C11H18N4O/c1-8(16)5-4-6-13-11-10(7-12)9(2)14-15(11)3/h8,13,16H,4-6H2,1-3H3. The van der Waals surface area contributed by atoms with Gasteiger partial charge in [0.15, 0.2) is 0 Å². The second-order valence-corrected chi connectivity index (χ2v) is 3.96. The quantitative estimate of drug-likeness (QED) is 0.733. The molecule has 0 fully saturated rings. The van der Waals surface area contributed by atoms with E-state index in [2.05, 4.69) is 16.5 Å². The highest BCUT2D eigenvalue weighted by Crippen LogP contribution is 2.17. The molecule has 0 saturated heterocycles. The number of aryl methyl sites for hydroxylation is 2. The second kappa shape index (κ2) is 5.52. The first-order chi connectivity index (χ1) is 7.56. The monoisotopic (exact) mass is 222 g/mol. The average molecular weight is 222 g/mol. The van der Waals surface area contributed by atoms with E-state index in [0.717, 1.165) is 30.9 Å². The van der Waals surface area contributed by atoms with Gasteiger partial charge in [0.2, 0.25) is 0 Å². The number of anilines is 1. The van der Waals surface area contributed by atoms with Crippen molar-refractivity contribution >= 4 is 5.82 Å². The van der Waals surface area contributed by atoms with E-state index in [4.69, 9.17) is 10.4 Å². The number of aliphatic hydroxyl groups excluding tert-OH is 1. The number of aromatic nitrogens is 2. The minimum Gasteiger partial charge on any atom is -0.393 e. The number of nitriles is 1. The smallest absolute Gasteiger partial charge is 0.142 e. The molecule has 2 N–H and O–H groups in total. The topological polar surface area (TPSA) is 73.9 Å². The first-order valence-corrected chi connectivity index (χ1v) is 5.42. The molecule has 5 nitrogen and oxygen atoms in total. The fourth-order valence-electron chi connectivity index (χ4n) is 1.60. The molecule has 0 aliphatic rings. The lowest BCUT2D eigenvalue weighted by molar-refractivity contribution is 0.183. The molecular weight excluding hydrogens is 204 g/mol. The lowest BCUT2D eigenvalue weighted by atomic mass is 10.2. The maximum Gasteiger partial charge on any atom is 0.142 e. The number of hydrogen-bond acceptors (Lipinski definition) is 4. The fraction of sp³-hybridized carbons (Fsp3) is 0.636. The van der Waals surface area contributed by atoms with Crippen molar-refractivity contribution in [1.82, 2.24) is 9.78 Å². The maximum absolute atomic E-state index is 9.11. The Bertz CT molecular complexity index is 389. The molecule has 1 heterocycles. The molecule has 1 atom stereocenters. The molecule has 88 valence electrons. The van der Waals surface area contributed by atoms with Gasteiger partial charge in [0.25, 0.3) is 0 Å². The summed E-state index contributed by atoms with van der Waals surface area (Å²) in [7, 11) is 1.81. The zero-order chi connectivity index (χ0) is 12.1. The van der Waals surface area contributed by atoms with Crippen molar-refractivity contribution in [1.29, 1.82) is 5.26 Å². The van der Waals surface area contributed by atoms with E-state index < -0.39 is 0 Å². The van der Waals surface area contributed by atoms with Crippen LogP contribution in [0.3, 0.4) is 0 Å². The van der Waals surface area contributed by atoms with Gasteiger partial charge < -0.3 is 10.4 Å². The number of hydrogen-bond donors (Lipinski definition) is 2. The molecule has 1 unspecified atom stereocenters. The Morgan fingerprint density at radius 1 is 1.62 bits per heavy atom. The molecule has 0 saturated carbocycles. The van der Waals surface area contributed by atoms with E-state index in [-0.39, 0.29) is 6.10 Å². The summed E-state index contributed by atoms with van der Waals surface area (Å²) >= 11 is 0. The van der Waals surface area contributed by atoms with Crippen molar-refractivity contribution in [2.45, 2.75) is 32.8 Å². The molecule has 0 spiro atoms. The molecule has 16 heavy (non-hydrogen) atoms. The van der Waals surface area contributed by atoms with Crippen molar-refractivity contribution in [2.75, 3.05) is 11.9 Å². The van der Waals surface area contributed by atoms with Gasteiger partial charge in [-0.1, -0.05) is 0 Å². The van der Waals surface area contributed by atoms with Gasteiger partial charge in [0.1, 0.15) is 17.5 Å². The largest absolute Gasteiger partial charge is 0.393 e. The van der Waals surface area contributed by atoms with Crippen LogP contribution in [0.2, 0.25) is 0 Å². The molecule has 0 radical (unpaired) electrons. The van der Waals surface area contributed by atoms with E-state index in [1.54, 1.807) is 11.6 Å². The van der Waals surface area contributed by atoms with Crippen LogP contribution in [0.25, 0.3) is 0 Å². The fourth-order valence-corrected chi connectivity index (χ4v) is 1.60. The zero-order valence-corrected chi connectivity index (χ0v) is 9.99. The summed E-state index contributed by atoms with van der Waals surface area (Å²) in [6.07, 6.45) is 1.35. The third-order valence-electron chi connectivity index (χ3n) is 2.43. The summed E-state index contributed by atoms with van der Waals surface area (Å²) in [5.41, 5.74) is 1.34. The Hall–Kier alpha value is -1.54. The van der Waals surface area contributed by atoms with Crippen molar-refractivity contribution < 1.29 is 5.11 Å². The highest BCUT2D eigenvalue weighted by molar-refractivity contribution is 5.54. The lowest BCUT2D eigenvalue weighted by Crippen LogP contribution is -2.10. The van der Waals surface area contributed by atoms with Crippen molar-refractivity contribution in [3.63, 3.8) is 0 Å². The molecule has 1 aromatic heterocycles. The summed E-state index contributed by atoms with van der Waals surface area (Å²) < 4.78 is 1.68. The van der Waals surface area contributed by atoms with E-state index in [1.165, 1.54) is 0 Å². The third-order valence-corrected chi connectivity index (χ3v) is 2.43. The average Bonchev–Trinajstić information content (AvgIpc) is 2.47. The van der Waals surface area contributed by atoms with Gasteiger partial charge in [-0.05, 0) is 26.7 Å². The third kappa shape index (κ3) is 2.97. The first kappa shape index (κ1) is 12.5. The number of rotatable bonds is 5. The Morgan fingerprint density at radius 3 is 2.88 bits per heavy atom. The molecule has 1 rings (SSSR count). The van der Waals surface area contributed by atoms with Crippen LogP contribution in [0.4, 0.5) is 5.82 Å². The Kier molecular flexibility index (Phi) is 4.32. The molecule has 1 aromatic rings. The predicted octanol–water partition coefficient (Wildman–Crippen LogP) is 1.17. The van der Waals surface area contributed by atoms with Gasteiger partial charge >= 0.3 is 0 Å². The number of nitrogens with zero attached hydrogens (tertiary/aromatic N) is 3. The van der Waals surface area contributed by atoms with Crippen molar-refractivity contribution in [3.8, 4) is 6.07 Å². The van der Waals surface area contributed by atoms with Crippen LogP contribution in [0.1, 0.15) is 31.0 Å². The van der Waals surface area contributed by atoms with Crippen LogP contribution >= 0.6 is 0 Å².